The van der Waals surface area contributed by atoms with Crippen molar-refractivity contribution in [2.45, 2.75) is 13.5 Å². The Morgan fingerprint density at radius 2 is 2.11 bits per heavy atom. The number of aromatic carboxylic acids is 1. The number of benzene rings is 1. The van der Waals surface area contributed by atoms with Crippen molar-refractivity contribution in [3.05, 3.63) is 53.6 Å². The van der Waals surface area contributed by atoms with E-state index in [2.05, 4.69) is 9.97 Å². The summed E-state index contributed by atoms with van der Waals surface area (Å²) in [5.74, 6) is -1.01. The second kappa shape index (κ2) is 5.48. The highest BCUT2D eigenvalue weighted by molar-refractivity contribution is 5.88. The van der Waals surface area contributed by atoms with Crippen molar-refractivity contribution in [2.24, 2.45) is 0 Å². The largest absolute Gasteiger partial charge is 0.478 e. The van der Waals surface area contributed by atoms with E-state index in [1.54, 1.807) is 0 Å². The third-order valence-corrected chi connectivity index (χ3v) is 2.94. The van der Waals surface area contributed by atoms with Gasteiger partial charge in [0, 0.05) is 18.9 Å². The Morgan fingerprint density at radius 3 is 2.79 bits per heavy atom. The molecule has 0 radical (unpaired) electrons. The van der Waals surface area contributed by atoms with Gasteiger partial charge in [0.05, 0.1) is 12.2 Å². The fraction of sp³-hybridized carbons (Fsp3) is 0.214. The monoisotopic (exact) mass is 257 g/mol. The molecular weight excluding hydrogens is 242 g/mol. The van der Waals surface area contributed by atoms with Crippen LogP contribution in [-0.2, 0) is 6.54 Å². The summed E-state index contributed by atoms with van der Waals surface area (Å²) in [6, 6.07) is 7.94. The quantitative estimate of drug-likeness (QED) is 0.908. The molecule has 0 fully saturated rings. The number of aryl methyl sites for hydroxylation is 1. The summed E-state index contributed by atoms with van der Waals surface area (Å²) in [4.78, 5) is 20.9. The van der Waals surface area contributed by atoms with E-state index in [-0.39, 0.29) is 5.56 Å². The summed E-state index contributed by atoms with van der Waals surface area (Å²) < 4.78 is 0. The van der Waals surface area contributed by atoms with E-state index in [1.807, 2.05) is 43.1 Å². The number of carboxylic acids is 1. The minimum absolute atomic E-state index is 0.142. The van der Waals surface area contributed by atoms with Gasteiger partial charge in [-0.05, 0) is 18.6 Å². The van der Waals surface area contributed by atoms with Crippen LogP contribution in [0.25, 0.3) is 0 Å². The highest BCUT2D eigenvalue weighted by atomic mass is 16.4. The number of para-hydroxylation sites is 1. The van der Waals surface area contributed by atoms with Crippen molar-refractivity contribution in [3.63, 3.8) is 0 Å². The zero-order chi connectivity index (χ0) is 13.8. The number of carbonyl (C=O) groups is 1. The van der Waals surface area contributed by atoms with Crippen LogP contribution in [0.15, 0.2) is 36.8 Å². The average molecular weight is 257 g/mol. The molecule has 0 spiro atoms. The molecule has 1 heterocycles. The van der Waals surface area contributed by atoms with Crippen LogP contribution in [0.4, 0.5) is 5.69 Å². The molecular formula is C14H15N3O2. The number of hydrogen-bond donors (Lipinski definition) is 1. The third-order valence-electron chi connectivity index (χ3n) is 2.94. The van der Waals surface area contributed by atoms with Gasteiger partial charge in [0.1, 0.15) is 11.9 Å². The lowest BCUT2D eigenvalue weighted by molar-refractivity contribution is 0.0694. The molecule has 0 bridgehead atoms. The maximum atomic E-state index is 11.1. The number of rotatable bonds is 4. The van der Waals surface area contributed by atoms with Crippen LogP contribution in [0.1, 0.15) is 21.6 Å². The van der Waals surface area contributed by atoms with Crippen molar-refractivity contribution in [2.75, 3.05) is 11.9 Å². The van der Waals surface area contributed by atoms with Crippen molar-refractivity contribution in [3.8, 4) is 0 Å². The topological polar surface area (TPSA) is 66.3 Å². The number of hydrogen-bond acceptors (Lipinski definition) is 4. The molecule has 1 aromatic carbocycles. The van der Waals surface area contributed by atoms with Gasteiger partial charge in [-0.25, -0.2) is 14.8 Å². The molecule has 0 unspecified atom stereocenters. The molecule has 1 N–H and O–H groups in total. The van der Waals surface area contributed by atoms with Gasteiger partial charge in [-0.3, -0.25) is 0 Å². The Kier molecular flexibility index (Phi) is 3.75. The first kappa shape index (κ1) is 13.0. The fourth-order valence-electron chi connectivity index (χ4n) is 1.96. The van der Waals surface area contributed by atoms with Gasteiger partial charge in [0.2, 0.25) is 0 Å². The minimum atomic E-state index is -1.01. The van der Waals surface area contributed by atoms with Crippen LogP contribution in [0.2, 0.25) is 0 Å². The molecule has 98 valence electrons. The molecule has 2 rings (SSSR count). The van der Waals surface area contributed by atoms with Crippen LogP contribution in [0, 0.1) is 6.92 Å². The van der Waals surface area contributed by atoms with E-state index in [0.29, 0.717) is 12.2 Å². The molecule has 2 aromatic rings. The summed E-state index contributed by atoms with van der Waals surface area (Å²) in [5.41, 5.74) is 2.84. The Balaban J connectivity index is 2.27. The highest BCUT2D eigenvalue weighted by Gasteiger charge is 2.14. The zero-order valence-electron chi connectivity index (χ0n) is 10.9. The lowest BCUT2D eigenvalue weighted by atomic mass is 10.1. The van der Waals surface area contributed by atoms with Crippen molar-refractivity contribution in [1.29, 1.82) is 0 Å². The summed E-state index contributed by atoms with van der Waals surface area (Å²) >= 11 is 0. The van der Waals surface area contributed by atoms with Gasteiger partial charge in [0.25, 0.3) is 0 Å². The molecule has 0 aliphatic rings. The molecule has 0 aliphatic heterocycles. The van der Waals surface area contributed by atoms with E-state index in [1.165, 1.54) is 12.5 Å². The zero-order valence-corrected chi connectivity index (χ0v) is 10.9. The van der Waals surface area contributed by atoms with Crippen LogP contribution >= 0.6 is 0 Å². The molecule has 0 atom stereocenters. The molecule has 19 heavy (non-hydrogen) atoms. The lowest BCUT2D eigenvalue weighted by Crippen LogP contribution is -2.20. The van der Waals surface area contributed by atoms with E-state index in [4.69, 9.17) is 5.11 Å². The van der Waals surface area contributed by atoms with E-state index in [0.717, 1.165) is 11.3 Å². The molecule has 0 saturated heterocycles. The predicted molar refractivity (Wildman–Crippen MR) is 72.3 cm³/mol. The predicted octanol–water partition coefficient (Wildman–Crippen LogP) is 2.12. The Morgan fingerprint density at radius 1 is 1.37 bits per heavy atom. The van der Waals surface area contributed by atoms with Crippen LogP contribution in [-0.4, -0.2) is 28.1 Å². The number of carboxylic acid groups (broad SMARTS) is 1. The van der Waals surface area contributed by atoms with E-state index >= 15 is 0 Å². The summed E-state index contributed by atoms with van der Waals surface area (Å²) in [6.07, 6.45) is 2.70. The van der Waals surface area contributed by atoms with Gasteiger partial charge >= 0.3 is 5.97 Å². The van der Waals surface area contributed by atoms with Gasteiger partial charge in [-0.15, -0.1) is 0 Å². The van der Waals surface area contributed by atoms with Gasteiger partial charge < -0.3 is 10.0 Å². The first-order chi connectivity index (χ1) is 9.09. The fourth-order valence-corrected chi connectivity index (χ4v) is 1.96. The number of nitrogens with zero attached hydrogens (tertiary/aromatic N) is 3. The maximum Gasteiger partial charge on any atom is 0.339 e. The van der Waals surface area contributed by atoms with Crippen molar-refractivity contribution >= 4 is 11.7 Å². The Labute approximate surface area is 111 Å². The molecule has 5 nitrogen and oxygen atoms in total. The van der Waals surface area contributed by atoms with Crippen molar-refractivity contribution in [1.82, 2.24) is 9.97 Å². The average Bonchev–Trinajstić information content (AvgIpc) is 2.39. The van der Waals surface area contributed by atoms with Gasteiger partial charge in [-0.2, -0.15) is 0 Å². The van der Waals surface area contributed by atoms with Crippen LogP contribution in [0.3, 0.4) is 0 Å². The summed E-state index contributed by atoms with van der Waals surface area (Å²) in [7, 11) is 1.91. The second-order valence-electron chi connectivity index (χ2n) is 4.33. The summed E-state index contributed by atoms with van der Waals surface area (Å²) in [5, 5.41) is 9.11. The first-order valence-electron chi connectivity index (χ1n) is 5.88. The second-order valence-corrected chi connectivity index (χ2v) is 4.33. The van der Waals surface area contributed by atoms with Gasteiger partial charge in [-0.1, -0.05) is 18.2 Å². The number of anilines is 1. The first-order valence-corrected chi connectivity index (χ1v) is 5.88. The Bertz CT molecular complexity index is 599. The van der Waals surface area contributed by atoms with E-state index in [9.17, 15) is 4.79 Å². The van der Waals surface area contributed by atoms with Crippen LogP contribution in [0.5, 0.6) is 0 Å². The molecule has 0 saturated carbocycles. The maximum absolute atomic E-state index is 11.1. The van der Waals surface area contributed by atoms with Crippen molar-refractivity contribution < 1.29 is 9.90 Å². The van der Waals surface area contributed by atoms with Gasteiger partial charge in [0.15, 0.2) is 0 Å². The SMILES string of the molecule is Cc1ccccc1N(C)Cc1ncncc1C(=O)O. The lowest BCUT2D eigenvalue weighted by Gasteiger charge is -2.21. The van der Waals surface area contributed by atoms with Crippen LogP contribution < -0.4 is 4.90 Å². The smallest absolute Gasteiger partial charge is 0.339 e. The standard InChI is InChI=1S/C14H15N3O2/c1-10-5-3-4-6-13(10)17(2)8-12-11(14(18)19)7-15-9-16-12/h3-7,9H,8H2,1-2H3,(H,18,19). The Hall–Kier alpha value is -2.43. The minimum Gasteiger partial charge on any atom is -0.478 e. The third kappa shape index (κ3) is 2.88. The molecule has 0 aliphatic carbocycles. The highest BCUT2D eigenvalue weighted by Crippen LogP contribution is 2.20. The van der Waals surface area contributed by atoms with E-state index < -0.39 is 5.97 Å². The molecule has 1 aromatic heterocycles. The number of aromatic nitrogens is 2. The normalized spacial score (nSPS) is 10.2. The molecule has 5 heteroatoms. The molecule has 0 amide bonds. The summed E-state index contributed by atoms with van der Waals surface area (Å²) in [6.45, 7) is 2.44.